The number of nitrogens with one attached hydrogen (secondary N) is 1. The maximum atomic E-state index is 12.0. The van der Waals surface area contributed by atoms with Crippen molar-refractivity contribution in [3.05, 3.63) is 95.6 Å². The molecule has 3 rings (SSSR count). The number of esters is 1. The van der Waals surface area contributed by atoms with Gasteiger partial charge in [-0.1, -0.05) is 35.9 Å². The molecular formula is C24H22N2O3S. The van der Waals surface area contributed by atoms with Crippen LogP contribution < -0.4 is 10.2 Å². The fourth-order valence-electron chi connectivity index (χ4n) is 2.49. The van der Waals surface area contributed by atoms with E-state index >= 15 is 0 Å². The zero-order valence-electron chi connectivity index (χ0n) is 16.6. The monoisotopic (exact) mass is 418 g/mol. The summed E-state index contributed by atoms with van der Waals surface area (Å²) in [5, 5.41) is 3.98. The molecular weight excluding hydrogens is 396 g/mol. The van der Waals surface area contributed by atoms with Crippen molar-refractivity contribution in [3.8, 4) is 5.75 Å². The molecule has 0 spiro atoms. The lowest BCUT2D eigenvalue weighted by molar-refractivity contribution is -0.120. The zero-order valence-corrected chi connectivity index (χ0v) is 17.4. The first-order valence-corrected chi connectivity index (χ1v) is 10.5. The molecule has 30 heavy (non-hydrogen) atoms. The van der Waals surface area contributed by atoms with Crippen molar-refractivity contribution >= 4 is 29.9 Å². The van der Waals surface area contributed by atoms with Gasteiger partial charge in [0.05, 0.1) is 11.8 Å². The summed E-state index contributed by atoms with van der Waals surface area (Å²) in [6.45, 7) is 2.05. The summed E-state index contributed by atoms with van der Waals surface area (Å²) in [7, 11) is 0. The summed E-state index contributed by atoms with van der Waals surface area (Å²) in [5.41, 5.74) is 5.02. The maximum Gasteiger partial charge on any atom is 0.343 e. The van der Waals surface area contributed by atoms with Crippen LogP contribution in [-0.4, -0.2) is 23.8 Å². The molecule has 152 valence electrons. The highest BCUT2D eigenvalue weighted by Gasteiger charge is 2.07. The highest BCUT2D eigenvalue weighted by atomic mass is 32.2. The molecule has 0 heterocycles. The Balaban J connectivity index is 1.40. The molecule has 0 aliphatic rings. The second kappa shape index (κ2) is 11.0. The van der Waals surface area contributed by atoms with Crippen molar-refractivity contribution < 1.29 is 14.3 Å². The lowest BCUT2D eigenvalue weighted by Gasteiger charge is -2.04. The van der Waals surface area contributed by atoms with E-state index in [0.29, 0.717) is 23.5 Å². The number of rotatable bonds is 8. The number of amides is 1. The number of hydrogen-bond donors (Lipinski definition) is 1. The fourth-order valence-corrected chi connectivity index (χ4v) is 3.34. The predicted octanol–water partition coefficient (Wildman–Crippen LogP) is 4.85. The summed E-state index contributed by atoms with van der Waals surface area (Å²) in [6.07, 6.45) is 1.93. The van der Waals surface area contributed by atoms with Gasteiger partial charge in [-0.25, -0.2) is 10.2 Å². The number of ether oxygens (including phenoxy) is 1. The van der Waals surface area contributed by atoms with Crippen LogP contribution in [0.3, 0.4) is 0 Å². The van der Waals surface area contributed by atoms with Gasteiger partial charge in [-0.2, -0.15) is 5.10 Å². The fraction of sp³-hybridized carbons (Fsp3) is 0.125. The molecule has 3 aromatic carbocycles. The van der Waals surface area contributed by atoms with Crippen molar-refractivity contribution in [2.24, 2.45) is 5.10 Å². The zero-order chi connectivity index (χ0) is 21.2. The molecule has 0 bridgehead atoms. The predicted molar refractivity (Wildman–Crippen MR) is 120 cm³/mol. The molecule has 0 atom stereocenters. The third-order valence-electron chi connectivity index (χ3n) is 4.12. The highest BCUT2D eigenvalue weighted by molar-refractivity contribution is 7.99. The van der Waals surface area contributed by atoms with Gasteiger partial charge in [0.15, 0.2) is 0 Å². The average molecular weight is 419 g/mol. The van der Waals surface area contributed by atoms with Crippen LogP contribution in [0.2, 0.25) is 0 Å². The molecule has 0 saturated carbocycles. The first-order valence-electron chi connectivity index (χ1n) is 9.49. The second-order valence-corrected chi connectivity index (χ2v) is 7.70. The lowest BCUT2D eigenvalue weighted by atomic mass is 10.2. The van der Waals surface area contributed by atoms with Gasteiger partial charge in [-0.05, 0) is 61.0 Å². The van der Waals surface area contributed by atoms with Gasteiger partial charge in [0, 0.05) is 17.1 Å². The molecule has 0 radical (unpaired) electrons. The quantitative estimate of drug-likeness (QED) is 0.187. The normalized spacial score (nSPS) is 10.7. The van der Waals surface area contributed by atoms with Crippen molar-refractivity contribution in [1.29, 1.82) is 0 Å². The largest absolute Gasteiger partial charge is 0.423 e. The summed E-state index contributed by atoms with van der Waals surface area (Å²) < 4.78 is 5.33. The van der Waals surface area contributed by atoms with Gasteiger partial charge in [-0.3, -0.25) is 4.79 Å². The van der Waals surface area contributed by atoms with Crippen LogP contribution in [0.4, 0.5) is 0 Å². The van der Waals surface area contributed by atoms with Crippen molar-refractivity contribution in [2.75, 3.05) is 5.75 Å². The third kappa shape index (κ3) is 6.90. The van der Waals surface area contributed by atoms with Gasteiger partial charge in [-0.15, -0.1) is 11.8 Å². The number of thioether (sulfide) groups is 1. The molecule has 0 saturated heterocycles. The molecule has 0 fully saturated rings. The van der Waals surface area contributed by atoms with E-state index in [1.807, 2.05) is 13.0 Å². The Morgan fingerprint density at radius 2 is 1.67 bits per heavy atom. The summed E-state index contributed by atoms with van der Waals surface area (Å²) in [5.74, 6) is 0.580. The number of carbonyl (C=O) groups is 2. The van der Waals surface area contributed by atoms with Crippen LogP contribution in [0.15, 0.2) is 88.9 Å². The Morgan fingerprint density at radius 3 is 2.37 bits per heavy atom. The minimum Gasteiger partial charge on any atom is -0.423 e. The lowest BCUT2D eigenvalue weighted by Crippen LogP contribution is -2.17. The Labute approximate surface area is 180 Å². The molecule has 1 N–H and O–H groups in total. The van der Waals surface area contributed by atoms with Crippen molar-refractivity contribution in [3.63, 3.8) is 0 Å². The molecule has 6 heteroatoms. The first kappa shape index (κ1) is 21.3. The highest BCUT2D eigenvalue weighted by Crippen LogP contribution is 2.19. The number of hydrazone groups is 1. The van der Waals surface area contributed by atoms with Gasteiger partial charge in [0.2, 0.25) is 5.91 Å². The Hall–Kier alpha value is -3.38. The van der Waals surface area contributed by atoms with Crippen molar-refractivity contribution in [1.82, 2.24) is 5.43 Å². The Morgan fingerprint density at radius 1 is 0.967 bits per heavy atom. The van der Waals surface area contributed by atoms with Gasteiger partial charge in [0.25, 0.3) is 0 Å². The number of carbonyl (C=O) groups excluding carboxylic acids is 2. The molecule has 0 unspecified atom stereocenters. The van der Waals surface area contributed by atoms with Crippen molar-refractivity contribution in [2.45, 2.75) is 18.2 Å². The van der Waals surface area contributed by atoms with Crippen LogP contribution in [0, 0.1) is 6.92 Å². The Kier molecular flexibility index (Phi) is 7.80. The van der Waals surface area contributed by atoms with Gasteiger partial charge < -0.3 is 4.74 Å². The summed E-state index contributed by atoms with van der Waals surface area (Å²) >= 11 is 1.64. The number of aryl methyl sites for hydroxylation is 1. The molecule has 1 amide bonds. The number of hydrogen-bond acceptors (Lipinski definition) is 5. The first-order chi connectivity index (χ1) is 14.6. The van der Waals surface area contributed by atoms with E-state index in [-0.39, 0.29) is 5.91 Å². The molecule has 5 nitrogen and oxygen atoms in total. The van der Waals surface area contributed by atoms with E-state index in [1.165, 1.54) is 5.56 Å². The molecule has 0 aliphatic heterocycles. The van der Waals surface area contributed by atoms with Crippen LogP contribution in [-0.2, 0) is 4.79 Å². The maximum absolute atomic E-state index is 12.0. The molecule has 0 aromatic heterocycles. The van der Waals surface area contributed by atoms with Gasteiger partial charge >= 0.3 is 5.97 Å². The second-order valence-electron chi connectivity index (χ2n) is 6.53. The van der Waals surface area contributed by atoms with Crippen LogP contribution in [0.1, 0.15) is 27.9 Å². The van der Waals surface area contributed by atoms with E-state index in [2.05, 4.69) is 34.8 Å². The Bertz CT molecular complexity index is 1000. The van der Waals surface area contributed by atoms with Crippen LogP contribution >= 0.6 is 11.8 Å². The summed E-state index contributed by atoms with van der Waals surface area (Å²) in [6, 6.07) is 23.9. The third-order valence-corrected chi connectivity index (χ3v) is 5.14. The number of benzene rings is 3. The summed E-state index contributed by atoms with van der Waals surface area (Å²) in [4.78, 5) is 25.1. The minimum atomic E-state index is -0.409. The standard InChI is InChI=1S/C24H22N2O3S/c1-18-7-13-22(14-8-18)30-16-15-23(27)26-25-17-19-9-11-21(12-10-19)29-24(28)20-5-3-2-4-6-20/h2-14,17H,15-16H2,1H3,(H,26,27). The van der Waals surface area contributed by atoms with Crippen LogP contribution in [0.5, 0.6) is 5.75 Å². The average Bonchev–Trinajstić information content (AvgIpc) is 2.77. The van der Waals surface area contributed by atoms with E-state index in [0.717, 1.165) is 10.5 Å². The minimum absolute atomic E-state index is 0.140. The van der Waals surface area contributed by atoms with E-state index < -0.39 is 5.97 Å². The van der Waals surface area contributed by atoms with Crippen LogP contribution in [0.25, 0.3) is 0 Å². The van der Waals surface area contributed by atoms with E-state index in [1.54, 1.807) is 66.5 Å². The van der Waals surface area contributed by atoms with E-state index in [4.69, 9.17) is 4.74 Å². The van der Waals surface area contributed by atoms with E-state index in [9.17, 15) is 9.59 Å². The topological polar surface area (TPSA) is 67.8 Å². The molecule has 0 aliphatic carbocycles. The SMILES string of the molecule is Cc1ccc(SCCC(=O)NN=Cc2ccc(OC(=O)c3ccccc3)cc2)cc1. The van der Waals surface area contributed by atoms with Gasteiger partial charge in [0.1, 0.15) is 5.75 Å². The number of nitrogens with zero attached hydrogens (tertiary/aromatic N) is 1. The molecule has 3 aromatic rings. The smallest absolute Gasteiger partial charge is 0.343 e.